The lowest BCUT2D eigenvalue weighted by atomic mass is 10.1. The number of urea groups is 1. The molecule has 1 atom stereocenters. The predicted molar refractivity (Wildman–Crippen MR) is 86.8 cm³/mol. The van der Waals surface area contributed by atoms with Gasteiger partial charge in [0.15, 0.2) is 0 Å². The van der Waals surface area contributed by atoms with E-state index in [1.165, 1.54) is 10.5 Å². The summed E-state index contributed by atoms with van der Waals surface area (Å²) in [6.45, 7) is 6.67. The van der Waals surface area contributed by atoms with Gasteiger partial charge < -0.3 is 4.90 Å². The molecule has 120 valence electrons. The zero-order chi connectivity index (χ0) is 15.0. The minimum Gasteiger partial charge on any atom is -0.310 e. The van der Waals surface area contributed by atoms with Crippen molar-refractivity contribution in [3.05, 3.63) is 35.9 Å². The molecule has 0 aromatic heterocycles. The fraction of sp³-hybridized carbons (Fsp3) is 0.500. The topological polar surface area (TPSA) is 43.9 Å². The zero-order valence-corrected chi connectivity index (χ0v) is 13.8. The van der Waals surface area contributed by atoms with Crippen LogP contribution in [-0.2, 0) is 11.3 Å². The molecule has 5 nitrogen and oxygen atoms in total. The first kappa shape index (κ1) is 16.8. The average Bonchev–Trinajstić information content (AvgIpc) is 2.71. The van der Waals surface area contributed by atoms with E-state index in [1.807, 2.05) is 32.0 Å². The Kier molecular flexibility index (Phi) is 5.08. The standard InChI is InChI=1S/C16H21N3O2.ClH/c1-12(2)19-15(20)14-11-17(8-9-18(14)16(19)21)10-13-6-4-3-5-7-13;/h3-7,12,14H,8-11H2,1-2H3;1H. The Bertz CT molecular complexity index is 550. The van der Waals surface area contributed by atoms with Crippen LogP contribution in [0.25, 0.3) is 0 Å². The van der Waals surface area contributed by atoms with Crippen LogP contribution >= 0.6 is 12.4 Å². The van der Waals surface area contributed by atoms with Crippen LogP contribution in [0.4, 0.5) is 4.79 Å². The van der Waals surface area contributed by atoms with Crippen molar-refractivity contribution in [2.75, 3.05) is 19.6 Å². The summed E-state index contributed by atoms with van der Waals surface area (Å²) in [5, 5.41) is 0. The number of benzene rings is 1. The third-order valence-electron chi connectivity index (χ3n) is 4.20. The van der Waals surface area contributed by atoms with Gasteiger partial charge >= 0.3 is 6.03 Å². The molecule has 0 bridgehead atoms. The molecule has 0 saturated carbocycles. The van der Waals surface area contributed by atoms with Gasteiger partial charge in [-0.25, -0.2) is 4.79 Å². The molecule has 0 radical (unpaired) electrons. The highest BCUT2D eigenvalue weighted by atomic mass is 35.5. The third kappa shape index (κ3) is 2.96. The first-order chi connectivity index (χ1) is 10.1. The third-order valence-corrected chi connectivity index (χ3v) is 4.20. The monoisotopic (exact) mass is 323 g/mol. The molecular formula is C16H22ClN3O2. The zero-order valence-electron chi connectivity index (χ0n) is 12.9. The van der Waals surface area contributed by atoms with Crippen molar-refractivity contribution in [1.29, 1.82) is 0 Å². The molecule has 0 spiro atoms. The van der Waals surface area contributed by atoms with Crippen molar-refractivity contribution in [3.8, 4) is 0 Å². The van der Waals surface area contributed by atoms with E-state index >= 15 is 0 Å². The molecule has 0 aliphatic carbocycles. The lowest BCUT2D eigenvalue weighted by Crippen LogP contribution is -2.52. The van der Waals surface area contributed by atoms with Crippen LogP contribution in [0.2, 0.25) is 0 Å². The number of fused-ring (bicyclic) bond motifs is 1. The van der Waals surface area contributed by atoms with Crippen molar-refractivity contribution in [3.63, 3.8) is 0 Å². The molecule has 1 aromatic carbocycles. The number of halogens is 1. The second-order valence-corrected chi connectivity index (χ2v) is 6.01. The number of piperazine rings is 1. The van der Waals surface area contributed by atoms with E-state index in [-0.39, 0.29) is 36.4 Å². The number of nitrogens with zero attached hydrogens (tertiary/aromatic N) is 3. The highest BCUT2D eigenvalue weighted by Crippen LogP contribution is 2.24. The SMILES string of the molecule is CC(C)N1C(=O)C2CN(Cc3ccccc3)CCN2C1=O.Cl. The summed E-state index contributed by atoms with van der Waals surface area (Å²) >= 11 is 0. The Morgan fingerprint density at radius 1 is 1.14 bits per heavy atom. The van der Waals surface area contributed by atoms with Gasteiger partial charge in [-0.2, -0.15) is 0 Å². The Hall–Kier alpha value is -1.59. The highest BCUT2D eigenvalue weighted by molar-refractivity contribution is 6.04. The summed E-state index contributed by atoms with van der Waals surface area (Å²) in [7, 11) is 0. The van der Waals surface area contributed by atoms with Gasteiger partial charge in [-0.15, -0.1) is 12.4 Å². The molecule has 2 aliphatic rings. The smallest absolute Gasteiger partial charge is 0.310 e. The van der Waals surface area contributed by atoms with E-state index in [9.17, 15) is 9.59 Å². The van der Waals surface area contributed by atoms with Crippen LogP contribution in [0, 0.1) is 0 Å². The summed E-state index contributed by atoms with van der Waals surface area (Å²) in [5.41, 5.74) is 1.24. The van der Waals surface area contributed by atoms with E-state index in [0.29, 0.717) is 13.1 Å². The van der Waals surface area contributed by atoms with Gasteiger partial charge in [0.05, 0.1) is 0 Å². The van der Waals surface area contributed by atoms with Crippen LogP contribution in [0.5, 0.6) is 0 Å². The maximum absolute atomic E-state index is 12.4. The Morgan fingerprint density at radius 2 is 1.82 bits per heavy atom. The minimum absolute atomic E-state index is 0. The molecule has 2 aliphatic heterocycles. The van der Waals surface area contributed by atoms with E-state index < -0.39 is 0 Å². The molecule has 6 heteroatoms. The number of imide groups is 1. The molecule has 3 amide bonds. The van der Waals surface area contributed by atoms with E-state index in [1.54, 1.807) is 4.90 Å². The number of carbonyl (C=O) groups excluding carboxylic acids is 2. The number of hydrogen-bond acceptors (Lipinski definition) is 3. The lowest BCUT2D eigenvalue weighted by molar-refractivity contribution is -0.130. The minimum atomic E-state index is -0.308. The molecular weight excluding hydrogens is 302 g/mol. The number of carbonyl (C=O) groups is 2. The fourth-order valence-corrected chi connectivity index (χ4v) is 3.13. The van der Waals surface area contributed by atoms with Gasteiger partial charge in [-0.05, 0) is 19.4 Å². The van der Waals surface area contributed by atoms with Crippen LogP contribution < -0.4 is 0 Å². The Morgan fingerprint density at radius 3 is 2.45 bits per heavy atom. The average molecular weight is 324 g/mol. The van der Waals surface area contributed by atoms with E-state index in [0.717, 1.165) is 13.1 Å². The van der Waals surface area contributed by atoms with E-state index in [2.05, 4.69) is 17.0 Å². The maximum Gasteiger partial charge on any atom is 0.327 e. The van der Waals surface area contributed by atoms with Gasteiger partial charge in [0.25, 0.3) is 5.91 Å². The van der Waals surface area contributed by atoms with Gasteiger partial charge in [-0.3, -0.25) is 14.6 Å². The number of hydrogen-bond donors (Lipinski definition) is 0. The molecule has 1 unspecified atom stereocenters. The molecule has 2 fully saturated rings. The fourth-order valence-electron chi connectivity index (χ4n) is 3.13. The van der Waals surface area contributed by atoms with Gasteiger partial charge in [0.2, 0.25) is 0 Å². The maximum atomic E-state index is 12.4. The quantitative estimate of drug-likeness (QED) is 0.799. The first-order valence-corrected chi connectivity index (χ1v) is 7.48. The molecule has 1 aromatic rings. The summed E-state index contributed by atoms with van der Waals surface area (Å²) in [5.74, 6) is -0.0484. The number of amides is 3. The van der Waals surface area contributed by atoms with Crippen molar-refractivity contribution >= 4 is 24.3 Å². The molecule has 22 heavy (non-hydrogen) atoms. The van der Waals surface area contributed by atoms with Gasteiger partial charge in [0.1, 0.15) is 6.04 Å². The summed E-state index contributed by atoms with van der Waals surface area (Å²) < 4.78 is 0. The number of rotatable bonds is 3. The van der Waals surface area contributed by atoms with Gasteiger partial charge in [-0.1, -0.05) is 30.3 Å². The Labute approximate surface area is 137 Å². The normalized spacial score (nSPS) is 22.0. The van der Waals surface area contributed by atoms with Crippen LogP contribution in [0.15, 0.2) is 30.3 Å². The molecule has 0 N–H and O–H groups in total. The molecule has 3 rings (SSSR count). The molecule has 2 saturated heterocycles. The second-order valence-electron chi connectivity index (χ2n) is 6.01. The van der Waals surface area contributed by atoms with Crippen molar-refractivity contribution in [2.45, 2.75) is 32.5 Å². The second kappa shape index (κ2) is 6.67. The van der Waals surface area contributed by atoms with Gasteiger partial charge in [0, 0.05) is 32.2 Å². The van der Waals surface area contributed by atoms with Crippen LogP contribution in [0.3, 0.4) is 0 Å². The largest absolute Gasteiger partial charge is 0.327 e. The van der Waals surface area contributed by atoms with Crippen molar-refractivity contribution < 1.29 is 9.59 Å². The Balaban J connectivity index is 0.00000176. The highest BCUT2D eigenvalue weighted by Gasteiger charge is 2.48. The lowest BCUT2D eigenvalue weighted by Gasteiger charge is -2.35. The first-order valence-electron chi connectivity index (χ1n) is 7.48. The summed E-state index contributed by atoms with van der Waals surface area (Å²) in [6.07, 6.45) is 0. The van der Waals surface area contributed by atoms with Crippen LogP contribution in [-0.4, -0.2) is 58.4 Å². The molecule has 2 heterocycles. The van der Waals surface area contributed by atoms with Crippen molar-refractivity contribution in [2.24, 2.45) is 0 Å². The van der Waals surface area contributed by atoms with E-state index in [4.69, 9.17) is 0 Å². The summed E-state index contributed by atoms with van der Waals surface area (Å²) in [6, 6.07) is 9.73. The van der Waals surface area contributed by atoms with Crippen molar-refractivity contribution in [1.82, 2.24) is 14.7 Å². The summed E-state index contributed by atoms with van der Waals surface area (Å²) in [4.78, 5) is 30.1. The van der Waals surface area contributed by atoms with Crippen LogP contribution in [0.1, 0.15) is 19.4 Å². The predicted octanol–water partition coefficient (Wildman–Crippen LogP) is 1.97.